The lowest BCUT2D eigenvalue weighted by Crippen LogP contribution is -2.43. The fraction of sp³-hybridized carbons (Fsp3) is 0.333. The number of aromatic nitrogens is 3. The Morgan fingerprint density at radius 2 is 2.14 bits per heavy atom. The second-order valence-electron chi connectivity index (χ2n) is 5.62. The molecule has 0 aliphatic heterocycles. The van der Waals surface area contributed by atoms with Gasteiger partial charge >= 0.3 is 5.97 Å². The zero-order chi connectivity index (χ0) is 16.2. The summed E-state index contributed by atoms with van der Waals surface area (Å²) in [5.41, 5.74) is 0.560. The van der Waals surface area contributed by atoms with E-state index in [-0.39, 0.29) is 12.3 Å². The number of hydrogen-bond donors (Lipinski definition) is 2. The Hall–Kier alpha value is -2.70. The normalized spacial score (nSPS) is 11.2. The molecule has 0 aromatic carbocycles. The van der Waals surface area contributed by atoms with Crippen molar-refractivity contribution < 1.29 is 14.7 Å². The Balaban J connectivity index is 2.04. The first kappa shape index (κ1) is 15.7. The van der Waals surface area contributed by atoms with Crippen LogP contribution in [0.4, 0.5) is 0 Å². The van der Waals surface area contributed by atoms with Gasteiger partial charge in [0, 0.05) is 24.4 Å². The van der Waals surface area contributed by atoms with E-state index in [2.05, 4.69) is 15.4 Å². The molecule has 116 valence electrons. The fourth-order valence-electron chi connectivity index (χ4n) is 1.93. The standard InChI is InChI=1S/C15H18N4O3/c1-15(2,6-5-13(20)21)18-14(22)11-8-17-19(10-11)12-4-3-7-16-9-12/h3-4,7-10H,5-6H2,1-2H3,(H,18,22)(H,20,21). The van der Waals surface area contributed by atoms with E-state index in [1.54, 1.807) is 43.2 Å². The second-order valence-corrected chi connectivity index (χ2v) is 5.62. The third-order valence-electron chi connectivity index (χ3n) is 3.17. The lowest BCUT2D eigenvalue weighted by Gasteiger charge is -2.25. The summed E-state index contributed by atoms with van der Waals surface area (Å²) in [6.07, 6.45) is 6.74. The smallest absolute Gasteiger partial charge is 0.303 e. The highest BCUT2D eigenvalue weighted by molar-refractivity contribution is 5.94. The van der Waals surface area contributed by atoms with Crippen LogP contribution in [0.15, 0.2) is 36.9 Å². The number of carbonyl (C=O) groups is 2. The predicted octanol–water partition coefficient (Wildman–Crippen LogP) is 1.64. The maximum absolute atomic E-state index is 12.2. The Bertz CT molecular complexity index is 664. The summed E-state index contributed by atoms with van der Waals surface area (Å²) in [6, 6.07) is 3.62. The van der Waals surface area contributed by atoms with Gasteiger partial charge in [-0.1, -0.05) is 0 Å². The number of carboxylic acids is 1. The Morgan fingerprint density at radius 1 is 1.36 bits per heavy atom. The molecule has 0 aliphatic carbocycles. The fourth-order valence-corrected chi connectivity index (χ4v) is 1.93. The molecular weight excluding hydrogens is 284 g/mol. The lowest BCUT2D eigenvalue weighted by molar-refractivity contribution is -0.137. The highest BCUT2D eigenvalue weighted by Crippen LogP contribution is 2.13. The van der Waals surface area contributed by atoms with Gasteiger partial charge in [0.05, 0.1) is 23.6 Å². The minimum absolute atomic E-state index is 0.00221. The van der Waals surface area contributed by atoms with Crippen molar-refractivity contribution in [1.82, 2.24) is 20.1 Å². The number of pyridine rings is 1. The number of carbonyl (C=O) groups excluding carboxylic acids is 1. The first-order valence-corrected chi connectivity index (χ1v) is 6.87. The molecule has 0 spiro atoms. The van der Waals surface area contributed by atoms with E-state index in [0.717, 1.165) is 5.69 Å². The van der Waals surface area contributed by atoms with E-state index < -0.39 is 11.5 Å². The zero-order valence-corrected chi connectivity index (χ0v) is 12.5. The summed E-state index contributed by atoms with van der Waals surface area (Å²) in [5, 5.41) is 15.7. The van der Waals surface area contributed by atoms with E-state index in [0.29, 0.717) is 12.0 Å². The molecule has 0 saturated heterocycles. The maximum Gasteiger partial charge on any atom is 0.303 e. The molecule has 2 aromatic heterocycles. The number of carboxylic acid groups (broad SMARTS) is 1. The van der Waals surface area contributed by atoms with Crippen LogP contribution in [0.5, 0.6) is 0 Å². The quantitative estimate of drug-likeness (QED) is 0.845. The molecule has 2 aromatic rings. The summed E-state index contributed by atoms with van der Waals surface area (Å²) in [4.78, 5) is 26.9. The highest BCUT2D eigenvalue weighted by Gasteiger charge is 2.23. The molecule has 1 amide bonds. The number of amides is 1. The molecule has 0 fully saturated rings. The SMILES string of the molecule is CC(C)(CCC(=O)O)NC(=O)c1cnn(-c2cccnc2)c1. The topological polar surface area (TPSA) is 97.1 Å². The van der Waals surface area contributed by atoms with Gasteiger partial charge in [0.15, 0.2) is 0 Å². The van der Waals surface area contributed by atoms with Gasteiger partial charge in [-0.2, -0.15) is 5.10 Å². The van der Waals surface area contributed by atoms with Crippen LogP contribution in [-0.2, 0) is 4.79 Å². The van der Waals surface area contributed by atoms with Crippen LogP contribution in [-0.4, -0.2) is 37.3 Å². The Morgan fingerprint density at radius 3 is 2.77 bits per heavy atom. The van der Waals surface area contributed by atoms with E-state index in [1.165, 1.54) is 6.20 Å². The molecule has 0 unspecified atom stereocenters. The van der Waals surface area contributed by atoms with Crippen molar-refractivity contribution in [2.24, 2.45) is 0 Å². The summed E-state index contributed by atoms with van der Waals surface area (Å²) < 4.78 is 1.56. The summed E-state index contributed by atoms with van der Waals surface area (Å²) in [6.45, 7) is 3.58. The monoisotopic (exact) mass is 302 g/mol. The van der Waals surface area contributed by atoms with Crippen molar-refractivity contribution in [2.45, 2.75) is 32.2 Å². The van der Waals surface area contributed by atoms with Gasteiger partial charge in [-0.15, -0.1) is 0 Å². The van der Waals surface area contributed by atoms with Gasteiger partial charge in [0.25, 0.3) is 5.91 Å². The molecule has 2 N–H and O–H groups in total. The molecule has 0 atom stereocenters. The van der Waals surface area contributed by atoms with Crippen LogP contribution in [0, 0.1) is 0 Å². The van der Waals surface area contributed by atoms with Crippen LogP contribution in [0.3, 0.4) is 0 Å². The van der Waals surface area contributed by atoms with Gasteiger partial charge in [-0.25, -0.2) is 4.68 Å². The van der Waals surface area contributed by atoms with E-state index in [9.17, 15) is 9.59 Å². The van der Waals surface area contributed by atoms with E-state index in [4.69, 9.17) is 5.11 Å². The number of hydrogen-bond acceptors (Lipinski definition) is 4. The molecule has 2 rings (SSSR count). The molecule has 0 aliphatic rings. The zero-order valence-electron chi connectivity index (χ0n) is 12.5. The summed E-state index contributed by atoms with van der Waals surface area (Å²) >= 11 is 0. The number of aliphatic carboxylic acids is 1. The first-order chi connectivity index (χ1) is 10.4. The number of nitrogens with one attached hydrogen (secondary N) is 1. The largest absolute Gasteiger partial charge is 0.481 e. The minimum atomic E-state index is -0.883. The Kier molecular flexibility index (Phi) is 4.55. The van der Waals surface area contributed by atoms with Crippen molar-refractivity contribution in [3.05, 3.63) is 42.5 Å². The summed E-state index contributed by atoms with van der Waals surface area (Å²) in [5.74, 6) is -1.17. The second kappa shape index (κ2) is 6.38. The maximum atomic E-state index is 12.2. The summed E-state index contributed by atoms with van der Waals surface area (Å²) in [7, 11) is 0. The van der Waals surface area contributed by atoms with Crippen LogP contribution in [0.25, 0.3) is 5.69 Å². The molecule has 2 heterocycles. The molecule has 7 nitrogen and oxygen atoms in total. The molecule has 22 heavy (non-hydrogen) atoms. The number of rotatable bonds is 6. The van der Waals surface area contributed by atoms with Gasteiger partial charge in [0.1, 0.15) is 0 Å². The third kappa shape index (κ3) is 4.15. The van der Waals surface area contributed by atoms with Crippen LogP contribution >= 0.6 is 0 Å². The van der Waals surface area contributed by atoms with Crippen molar-refractivity contribution in [2.75, 3.05) is 0 Å². The number of nitrogens with zero attached hydrogens (tertiary/aromatic N) is 3. The van der Waals surface area contributed by atoms with Gasteiger partial charge < -0.3 is 10.4 Å². The predicted molar refractivity (Wildman–Crippen MR) is 79.8 cm³/mol. The minimum Gasteiger partial charge on any atom is -0.481 e. The Labute approximate surface area is 128 Å². The van der Waals surface area contributed by atoms with Crippen molar-refractivity contribution in [3.8, 4) is 5.69 Å². The van der Waals surface area contributed by atoms with Crippen LogP contribution < -0.4 is 5.32 Å². The average molecular weight is 302 g/mol. The van der Waals surface area contributed by atoms with Crippen molar-refractivity contribution >= 4 is 11.9 Å². The van der Waals surface area contributed by atoms with Gasteiger partial charge in [-0.3, -0.25) is 14.6 Å². The lowest BCUT2D eigenvalue weighted by atomic mass is 9.98. The average Bonchev–Trinajstić information content (AvgIpc) is 2.96. The van der Waals surface area contributed by atoms with Gasteiger partial charge in [-0.05, 0) is 32.4 Å². The highest BCUT2D eigenvalue weighted by atomic mass is 16.4. The molecule has 0 saturated carbocycles. The van der Waals surface area contributed by atoms with Gasteiger partial charge in [0.2, 0.25) is 0 Å². The first-order valence-electron chi connectivity index (χ1n) is 6.87. The van der Waals surface area contributed by atoms with E-state index >= 15 is 0 Å². The molecule has 0 bridgehead atoms. The third-order valence-corrected chi connectivity index (χ3v) is 3.17. The van der Waals surface area contributed by atoms with Crippen LogP contribution in [0.1, 0.15) is 37.0 Å². The van der Waals surface area contributed by atoms with E-state index in [1.807, 2.05) is 6.07 Å². The van der Waals surface area contributed by atoms with Crippen molar-refractivity contribution in [1.29, 1.82) is 0 Å². The van der Waals surface area contributed by atoms with Crippen molar-refractivity contribution in [3.63, 3.8) is 0 Å². The molecular formula is C15H18N4O3. The molecule has 0 radical (unpaired) electrons. The molecule has 7 heteroatoms. The van der Waals surface area contributed by atoms with Crippen LogP contribution in [0.2, 0.25) is 0 Å².